The minimum absolute atomic E-state index is 0.131. The molecule has 0 atom stereocenters. The summed E-state index contributed by atoms with van der Waals surface area (Å²) in [6.07, 6.45) is 1.48. The maximum Gasteiger partial charge on any atom is 0.274 e. The number of carbonyl (C=O) groups excluding carboxylic acids is 1. The quantitative estimate of drug-likeness (QED) is 0.563. The second kappa shape index (κ2) is 5.42. The average Bonchev–Trinajstić information content (AvgIpc) is 2.55. The minimum Gasteiger partial charge on any atom is -0.288 e. The fraction of sp³-hybridized carbons (Fsp3) is 0. The first-order valence-corrected chi connectivity index (χ1v) is 6.46. The van der Waals surface area contributed by atoms with Crippen molar-refractivity contribution in [3.05, 3.63) is 76.5 Å². The van der Waals surface area contributed by atoms with E-state index in [1.54, 1.807) is 18.2 Å². The molecule has 0 aliphatic rings. The summed E-state index contributed by atoms with van der Waals surface area (Å²) in [5.74, 6) is -1.24. The lowest BCUT2D eigenvalue weighted by molar-refractivity contribution is 0.0706. The largest absolute Gasteiger partial charge is 0.288 e. The molecule has 1 aromatic heterocycles. The lowest BCUT2D eigenvalue weighted by atomic mass is 10.1. The van der Waals surface area contributed by atoms with E-state index in [0.717, 1.165) is 0 Å². The van der Waals surface area contributed by atoms with Crippen LogP contribution in [0.25, 0.3) is 16.5 Å². The van der Waals surface area contributed by atoms with Gasteiger partial charge in [0, 0.05) is 17.1 Å². The molecule has 6 heteroatoms. The van der Waals surface area contributed by atoms with Crippen LogP contribution in [0.5, 0.6) is 0 Å². The van der Waals surface area contributed by atoms with Gasteiger partial charge < -0.3 is 0 Å². The summed E-state index contributed by atoms with van der Waals surface area (Å²) in [7, 11) is 0. The minimum atomic E-state index is -0.720. The maximum absolute atomic E-state index is 13.9. The number of hydrogen-bond acceptors (Lipinski definition) is 3. The Bertz CT molecular complexity index is 934. The first kappa shape index (κ1) is 14.0. The highest BCUT2D eigenvalue weighted by Crippen LogP contribution is 2.16. The molecule has 0 saturated carbocycles. The molecule has 2 aromatic carbocycles. The summed E-state index contributed by atoms with van der Waals surface area (Å²) >= 11 is 0. The standard InChI is InChI=1S/C16H11FN2O3/c17-13-3-1-2-4-14(13)19-8-7-10-5-6-11(15(20)18-22)9-12(10)16(19)21/h1-9,22H,(H,18,20). The van der Waals surface area contributed by atoms with Gasteiger partial charge >= 0.3 is 0 Å². The van der Waals surface area contributed by atoms with E-state index < -0.39 is 17.3 Å². The highest BCUT2D eigenvalue weighted by atomic mass is 19.1. The van der Waals surface area contributed by atoms with Crippen LogP contribution in [-0.2, 0) is 0 Å². The Balaban J connectivity index is 2.27. The third kappa shape index (κ3) is 2.25. The Hall–Kier alpha value is -2.99. The van der Waals surface area contributed by atoms with Crippen molar-refractivity contribution in [1.82, 2.24) is 10.0 Å². The molecular formula is C16H11FN2O3. The molecule has 110 valence electrons. The number of halogens is 1. The predicted molar refractivity (Wildman–Crippen MR) is 78.8 cm³/mol. The number of hydroxylamine groups is 1. The monoisotopic (exact) mass is 298 g/mol. The molecule has 3 rings (SSSR count). The van der Waals surface area contributed by atoms with Crippen LogP contribution < -0.4 is 11.0 Å². The number of nitrogens with zero attached hydrogens (tertiary/aromatic N) is 1. The average molecular weight is 298 g/mol. The molecule has 0 spiro atoms. The van der Waals surface area contributed by atoms with Crippen molar-refractivity contribution in [2.24, 2.45) is 0 Å². The normalized spacial score (nSPS) is 10.6. The van der Waals surface area contributed by atoms with Crippen molar-refractivity contribution < 1.29 is 14.4 Å². The van der Waals surface area contributed by atoms with E-state index in [1.165, 1.54) is 46.6 Å². The van der Waals surface area contributed by atoms with Crippen molar-refractivity contribution in [3.8, 4) is 5.69 Å². The van der Waals surface area contributed by atoms with Gasteiger partial charge in [-0.3, -0.25) is 19.4 Å². The molecular weight excluding hydrogens is 287 g/mol. The van der Waals surface area contributed by atoms with Gasteiger partial charge in [-0.1, -0.05) is 18.2 Å². The van der Waals surface area contributed by atoms with Crippen LogP contribution in [0.3, 0.4) is 0 Å². The van der Waals surface area contributed by atoms with Gasteiger partial charge in [0.25, 0.3) is 11.5 Å². The summed E-state index contributed by atoms with van der Waals surface area (Å²) in [6, 6.07) is 12.0. The van der Waals surface area contributed by atoms with E-state index >= 15 is 0 Å². The van der Waals surface area contributed by atoms with E-state index in [-0.39, 0.29) is 16.6 Å². The van der Waals surface area contributed by atoms with Crippen LogP contribution in [0.15, 0.2) is 59.5 Å². The molecule has 1 heterocycles. The van der Waals surface area contributed by atoms with Crippen molar-refractivity contribution in [1.29, 1.82) is 0 Å². The fourth-order valence-corrected chi connectivity index (χ4v) is 2.28. The van der Waals surface area contributed by atoms with Crippen LogP contribution in [-0.4, -0.2) is 15.7 Å². The van der Waals surface area contributed by atoms with E-state index in [0.29, 0.717) is 5.39 Å². The summed E-state index contributed by atoms with van der Waals surface area (Å²) in [5, 5.41) is 9.54. The molecule has 1 amide bonds. The molecule has 0 radical (unpaired) electrons. The number of aromatic nitrogens is 1. The van der Waals surface area contributed by atoms with E-state index in [9.17, 15) is 14.0 Å². The molecule has 22 heavy (non-hydrogen) atoms. The molecule has 0 fully saturated rings. The maximum atomic E-state index is 13.9. The van der Waals surface area contributed by atoms with Gasteiger partial charge in [0.1, 0.15) is 5.82 Å². The lowest BCUT2D eigenvalue weighted by Crippen LogP contribution is -2.21. The number of fused-ring (bicyclic) bond motifs is 1. The third-order valence-corrected chi connectivity index (χ3v) is 3.38. The van der Waals surface area contributed by atoms with Gasteiger partial charge in [-0.15, -0.1) is 0 Å². The number of nitrogens with one attached hydrogen (secondary N) is 1. The Morgan fingerprint density at radius 2 is 1.91 bits per heavy atom. The molecule has 0 aliphatic heterocycles. The number of carbonyl (C=O) groups is 1. The van der Waals surface area contributed by atoms with E-state index in [2.05, 4.69) is 0 Å². The molecule has 0 saturated heterocycles. The second-order valence-corrected chi connectivity index (χ2v) is 4.69. The lowest BCUT2D eigenvalue weighted by Gasteiger charge is -2.09. The molecule has 0 unspecified atom stereocenters. The SMILES string of the molecule is O=C(NO)c1ccc2ccn(-c3ccccc3F)c(=O)c2c1. The first-order chi connectivity index (χ1) is 10.6. The smallest absolute Gasteiger partial charge is 0.274 e. The zero-order valence-electron chi connectivity index (χ0n) is 11.3. The summed E-state index contributed by atoms with van der Waals surface area (Å²) in [6.45, 7) is 0. The van der Waals surface area contributed by atoms with Crippen LogP contribution in [0, 0.1) is 5.82 Å². The van der Waals surface area contributed by atoms with Crippen LogP contribution in [0.2, 0.25) is 0 Å². The zero-order chi connectivity index (χ0) is 15.7. The van der Waals surface area contributed by atoms with E-state index in [1.807, 2.05) is 0 Å². The van der Waals surface area contributed by atoms with Gasteiger partial charge in [0.05, 0.1) is 5.69 Å². The fourth-order valence-electron chi connectivity index (χ4n) is 2.28. The van der Waals surface area contributed by atoms with Gasteiger partial charge in [0.15, 0.2) is 0 Å². The number of benzene rings is 2. The summed E-state index contributed by atoms with van der Waals surface area (Å²) in [5.41, 5.74) is 1.33. The molecule has 0 bridgehead atoms. The highest BCUT2D eigenvalue weighted by molar-refractivity contribution is 5.97. The van der Waals surface area contributed by atoms with Crippen molar-refractivity contribution >= 4 is 16.7 Å². The third-order valence-electron chi connectivity index (χ3n) is 3.38. The predicted octanol–water partition coefficient (Wildman–Crippen LogP) is 2.25. The Morgan fingerprint density at radius 3 is 2.64 bits per heavy atom. The summed E-state index contributed by atoms with van der Waals surface area (Å²) < 4.78 is 15.0. The Kier molecular flexibility index (Phi) is 3.44. The second-order valence-electron chi connectivity index (χ2n) is 4.69. The number of pyridine rings is 1. The zero-order valence-corrected chi connectivity index (χ0v) is 11.3. The number of rotatable bonds is 2. The van der Waals surface area contributed by atoms with Gasteiger partial charge in [-0.05, 0) is 35.7 Å². The van der Waals surface area contributed by atoms with Gasteiger partial charge in [-0.25, -0.2) is 9.87 Å². The van der Waals surface area contributed by atoms with Crippen LogP contribution >= 0.6 is 0 Å². The van der Waals surface area contributed by atoms with E-state index in [4.69, 9.17) is 5.21 Å². The van der Waals surface area contributed by atoms with Crippen molar-refractivity contribution in [2.75, 3.05) is 0 Å². The van der Waals surface area contributed by atoms with Crippen LogP contribution in [0.1, 0.15) is 10.4 Å². The summed E-state index contributed by atoms with van der Waals surface area (Å²) in [4.78, 5) is 24.0. The van der Waals surface area contributed by atoms with Crippen LogP contribution in [0.4, 0.5) is 4.39 Å². The van der Waals surface area contributed by atoms with Gasteiger partial charge in [0.2, 0.25) is 0 Å². The van der Waals surface area contributed by atoms with Crippen molar-refractivity contribution in [3.63, 3.8) is 0 Å². The number of amides is 1. The Morgan fingerprint density at radius 1 is 1.14 bits per heavy atom. The molecule has 5 nitrogen and oxygen atoms in total. The molecule has 3 aromatic rings. The molecule has 0 aliphatic carbocycles. The highest BCUT2D eigenvalue weighted by Gasteiger charge is 2.11. The van der Waals surface area contributed by atoms with Gasteiger partial charge in [-0.2, -0.15) is 0 Å². The molecule has 2 N–H and O–H groups in total. The number of para-hydroxylation sites is 1. The Labute approximate surface area is 124 Å². The topological polar surface area (TPSA) is 71.3 Å². The first-order valence-electron chi connectivity index (χ1n) is 6.46. The van der Waals surface area contributed by atoms with Crippen molar-refractivity contribution in [2.45, 2.75) is 0 Å². The number of hydrogen-bond donors (Lipinski definition) is 2.